The molecular formula is C17H25ClN2. The Morgan fingerprint density at radius 3 is 2.85 bits per heavy atom. The number of nitrogens with zero attached hydrogens (tertiary/aromatic N) is 1. The summed E-state index contributed by atoms with van der Waals surface area (Å²) in [5.74, 6) is 0.959. The maximum atomic E-state index is 6.34. The minimum Gasteiger partial charge on any atom is -0.324 e. The first-order valence-corrected chi connectivity index (χ1v) is 8.37. The van der Waals surface area contributed by atoms with Crippen molar-refractivity contribution in [2.45, 2.75) is 50.6 Å². The first-order valence-electron chi connectivity index (χ1n) is 8.00. The molecule has 0 amide bonds. The average molecular weight is 293 g/mol. The third-order valence-corrected chi connectivity index (χ3v) is 5.48. The van der Waals surface area contributed by atoms with E-state index in [1.165, 1.54) is 38.6 Å². The second-order valence-corrected chi connectivity index (χ2v) is 6.76. The van der Waals surface area contributed by atoms with E-state index in [-0.39, 0.29) is 6.04 Å². The van der Waals surface area contributed by atoms with Gasteiger partial charge in [-0.25, -0.2) is 0 Å². The van der Waals surface area contributed by atoms with E-state index < -0.39 is 0 Å². The number of fused-ring (bicyclic) bond motifs is 1. The summed E-state index contributed by atoms with van der Waals surface area (Å²) in [7, 11) is 0. The van der Waals surface area contributed by atoms with Gasteiger partial charge in [0.05, 0.1) is 0 Å². The molecule has 0 spiro atoms. The lowest BCUT2D eigenvalue weighted by atomic mass is 9.91. The van der Waals surface area contributed by atoms with Gasteiger partial charge in [0.2, 0.25) is 0 Å². The van der Waals surface area contributed by atoms with E-state index in [1.54, 1.807) is 0 Å². The maximum absolute atomic E-state index is 6.34. The summed E-state index contributed by atoms with van der Waals surface area (Å²) in [4.78, 5) is 2.69. The highest BCUT2D eigenvalue weighted by Crippen LogP contribution is 2.37. The smallest absolute Gasteiger partial charge is 0.0453 e. The third kappa shape index (κ3) is 3.03. The number of hydrogen-bond donors (Lipinski definition) is 1. The number of piperidine rings is 1. The molecule has 0 radical (unpaired) electrons. The van der Waals surface area contributed by atoms with Crippen LogP contribution < -0.4 is 5.73 Å². The zero-order valence-corrected chi connectivity index (χ0v) is 12.9. The van der Waals surface area contributed by atoms with Crippen molar-refractivity contribution >= 4 is 11.6 Å². The Morgan fingerprint density at radius 1 is 1.20 bits per heavy atom. The molecule has 20 heavy (non-hydrogen) atoms. The van der Waals surface area contributed by atoms with Crippen LogP contribution in [0.15, 0.2) is 24.3 Å². The van der Waals surface area contributed by atoms with E-state index in [2.05, 4.69) is 11.0 Å². The number of likely N-dealkylation sites (tertiary alicyclic amines) is 1. The normalized spacial score (nSPS) is 28.3. The standard InChI is InChI=1S/C17H25ClN2/c18-15-8-2-1-7-14(15)16(19)10-12-20-11-4-6-13-5-3-9-17(13)20/h1-2,7-8,13,16-17H,3-6,9-12,19H2. The molecule has 0 aromatic heterocycles. The largest absolute Gasteiger partial charge is 0.324 e. The van der Waals surface area contributed by atoms with Crippen molar-refractivity contribution in [1.82, 2.24) is 4.90 Å². The Bertz CT molecular complexity index is 448. The van der Waals surface area contributed by atoms with Crippen LogP contribution in [0.2, 0.25) is 5.02 Å². The van der Waals surface area contributed by atoms with Crippen LogP contribution in [0, 0.1) is 5.92 Å². The molecule has 110 valence electrons. The second-order valence-electron chi connectivity index (χ2n) is 6.35. The first kappa shape index (κ1) is 14.4. The molecule has 1 aliphatic carbocycles. The molecule has 0 bridgehead atoms. The zero-order chi connectivity index (χ0) is 13.9. The lowest BCUT2D eigenvalue weighted by Crippen LogP contribution is -2.43. The molecule has 1 aromatic rings. The van der Waals surface area contributed by atoms with Gasteiger partial charge in [-0.2, -0.15) is 0 Å². The molecule has 1 heterocycles. The van der Waals surface area contributed by atoms with Gasteiger partial charge >= 0.3 is 0 Å². The summed E-state index contributed by atoms with van der Waals surface area (Å²) in [5.41, 5.74) is 7.43. The van der Waals surface area contributed by atoms with Gasteiger partial charge in [-0.3, -0.25) is 0 Å². The van der Waals surface area contributed by atoms with E-state index in [1.807, 2.05) is 18.2 Å². The monoisotopic (exact) mass is 292 g/mol. The molecule has 1 aliphatic heterocycles. The van der Waals surface area contributed by atoms with E-state index in [4.69, 9.17) is 17.3 Å². The van der Waals surface area contributed by atoms with E-state index in [0.717, 1.165) is 35.5 Å². The van der Waals surface area contributed by atoms with Crippen LogP contribution in [-0.4, -0.2) is 24.0 Å². The molecule has 2 aliphatic rings. The van der Waals surface area contributed by atoms with Gasteiger partial charge in [0, 0.05) is 23.7 Å². The highest BCUT2D eigenvalue weighted by molar-refractivity contribution is 6.31. The Morgan fingerprint density at radius 2 is 2.00 bits per heavy atom. The zero-order valence-electron chi connectivity index (χ0n) is 12.1. The van der Waals surface area contributed by atoms with Crippen molar-refractivity contribution in [3.05, 3.63) is 34.9 Å². The van der Waals surface area contributed by atoms with Gasteiger partial charge in [0.15, 0.2) is 0 Å². The van der Waals surface area contributed by atoms with Gasteiger partial charge in [-0.05, 0) is 56.2 Å². The fraction of sp³-hybridized carbons (Fsp3) is 0.647. The molecular weight excluding hydrogens is 268 g/mol. The number of halogens is 1. The summed E-state index contributed by atoms with van der Waals surface area (Å²) >= 11 is 6.24. The molecule has 1 aromatic carbocycles. The molecule has 1 saturated carbocycles. The van der Waals surface area contributed by atoms with Crippen LogP contribution in [0.5, 0.6) is 0 Å². The van der Waals surface area contributed by atoms with Crippen molar-refractivity contribution in [1.29, 1.82) is 0 Å². The minimum atomic E-state index is 0.0606. The molecule has 3 rings (SSSR count). The van der Waals surface area contributed by atoms with Crippen LogP contribution in [0.25, 0.3) is 0 Å². The topological polar surface area (TPSA) is 29.3 Å². The van der Waals surface area contributed by atoms with Crippen molar-refractivity contribution in [2.24, 2.45) is 11.7 Å². The summed E-state index contributed by atoms with van der Waals surface area (Å²) in [5, 5.41) is 0.803. The molecule has 3 heteroatoms. The Balaban J connectivity index is 1.57. The van der Waals surface area contributed by atoms with Crippen LogP contribution in [-0.2, 0) is 0 Å². The molecule has 2 N–H and O–H groups in total. The fourth-order valence-electron chi connectivity index (χ4n) is 4.07. The Kier molecular flexibility index (Phi) is 4.65. The van der Waals surface area contributed by atoms with Crippen LogP contribution >= 0.6 is 11.6 Å². The first-order chi connectivity index (χ1) is 9.75. The second kappa shape index (κ2) is 6.46. The Labute approximate surface area is 127 Å². The predicted molar refractivity (Wildman–Crippen MR) is 84.9 cm³/mol. The van der Waals surface area contributed by atoms with Crippen molar-refractivity contribution < 1.29 is 0 Å². The van der Waals surface area contributed by atoms with Crippen molar-refractivity contribution in [2.75, 3.05) is 13.1 Å². The van der Waals surface area contributed by atoms with Gasteiger partial charge in [-0.15, -0.1) is 0 Å². The van der Waals surface area contributed by atoms with Gasteiger partial charge in [0.1, 0.15) is 0 Å². The number of rotatable bonds is 4. The average Bonchev–Trinajstić information content (AvgIpc) is 2.94. The summed E-state index contributed by atoms with van der Waals surface area (Å²) in [6, 6.07) is 8.88. The van der Waals surface area contributed by atoms with Crippen LogP contribution in [0.4, 0.5) is 0 Å². The maximum Gasteiger partial charge on any atom is 0.0453 e. The molecule has 2 fully saturated rings. The number of benzene rings is 1. The van der Waals surface area contributed by atoms with Crippen molar-refractivity contribution in [3.63, 3.8) is 0 Å². The summed E-state index contributed by atoms with van der Waals surface area (Å²) < 4.78 is 0. The van der Waals surface area contributed by atoms with Gasteiger partial charge < -0.3 is 10.6 Å². The quantitative estimate of drug-likeness (QED) is 0.909. The predicted octanol–water partition coefficient (Wildman–Crippen LogP) is 3.99. The van der Waals surface area contributed by atoms with Crippen molar-refractivity contribution in [3.8, 4) is 0 Å². The third-order valence-electron chi connectivity index (χ3n) is 5.14. The highest BCUT2D eigenvalue weighted by Gasteiger charge is 2.34. The van der Waals surface area contributed by atoms with E-state index in [9.17, 15) is 0 Å². The highest BCUT2D eigenvalue weighted by atomic mass is 35.5. The van der Waals surface area contributed by atoms with E-state index in [0.29, 0.717) is 0 Å². The minimum absolute atomic E-state index is 0.0606. The molecule has 2 nitrogen and oxygen atoms in total. The summed E-state index contributed by atoms with van der Waals surface area (Å²) in [6.07, 6.45) is 8.07. The Hall–Kier alpha value is -0.570. The fourth-order valence-corrected chi connectivity index (χ4v) is 4.35. The lowest BCUT2D eigenvalue weighted by Gasteiger charge is -2.38. The van der Waals surface area contributed by atoms with Crippen LogP contribution in [0.3, 0.4) is 0 Å². The van der Waals surface area contributed by atoms with Gasteiger partial charge in [-0.1, -0.05) is 36.2 Å². The molecule has 3 atom stereocenters. The summed E-state index contributed by atoms with van der Waals surface area (Å²) in [6.45, 7) is 2.38. The molecule has 3 unspecified atom stereocenters. The lowest BCUT2D eigenvalue weighted by molar-refractivity contribution is 0.109. The van der Waals surface area contributed by atoms with Crippen LogP contribution in [0.1, 0.15) is 50.1 Å². The molecule has 1 saturated heterocycles. The van der Waals surface area contributed by atoms with Gasteiger partial charge in [0.25, 0.3) is 0 Å². The SMILES string of the molecule is NC(CCN1CCCC2CCCC21)c1ccccc1Cl. The number of nitrogens with two attached hydrogens (primary N) is 1. The van der Waals surface area contributed by atoms with E-state index >= 15 is 0 Å². The number of hydrogen-bond acceptors (Lipinski definition) is 2.